The molecule has 0 spiro atoms. The summed E-state index contributed by atoms with van der Waals surface area (Å²) in [5.41, 5.74) is 0. The molecule has 6 nitrogen and oxygen atoms in total. The zero-order valence-electron chi connectivity index (χ0n) is 11.5. The van der Waals surface area contributed by atoms with Crippen LogP contribution in [0.15, 0.2) is 24.3 Å². The van der Waals surface area contributed by atoms with Crippen LogP contribution >= 0.6 is 13.4 Å². The zero-order chi connectivity index (χ0) is 15.2. The lowest BCUT2D eigenvalue weighted by atomic mass is 10.3. The molecule has 1 aromatic rings. The summed E-state index contributed by atoms with van der Waals surface area (Å²) in [6.07, 6.45) is 0. The average molecular weight is 358 g/mol. The predicted molar refractivity (Wildman–Crippen MR) is 84.3 cm³/mol. The molecule has 10 heteroatoms. The van der Waals surface area contributed by atoms with Crippen LogP contribution in [0.3, 0.4) is 0 Å². The summed E-state index contributed by atoms with van der Waals surface area (Å²) in [5.74, 6) is 0.700. The summed E-state index contributed by atoms with van der Waals surface area (Å²) in [6.45, 7) is -5.72. The lowest BCUT2D eigenvalue weighted by Crippen LogP contribution is -2.01. The summed E-state index contributed by atoms with van der Waals surface area (Å²) >= 11 is 10.3. The third-order valence-electron chi connectivity index (χ3n) is 2.16. The van der Waals surface area contributed by atoms with Crippen molar-refractivity contribution in [2.75, 3.05) is 28.4 Å². The van der Waals surface area contributed by atoms with Gasteiger partial charge in [0.05, 0.1) is 0 Å². The van der Waals surface area contributed by atoms with Crippen LogP contribution in [0.5, 0.6) is 11.5 Å². The van der Waals surface area contributed by atoms with Crippen LogP contribution in [-0.2, 0) is 41.7 Å². The first kappa shape index (κ1) is 18.0. The van der Waals surface area contributed by atoms with E-state index in [0.29, 0.717) is 11.5 Å². The van der Waals surface area contributed by atoms with Gasteiger partial charge in [-0.2, -0.15) is 0 Å². The largest absolute Gasteiger partial charge is 0.420 e. The molecule has 0 aromatic heterocycles. The molecule has 0 aliphatic heterocycles. The first-order valence-corrected chi connectivity index (χ1v) is 10.4. The Balaban J connectivity index is 3.06. The van der Waals surface area contributed by atoms with Gasteiger partial charge in [0.1, 0.15) is 0 Å². The van der Waals surface area contributed by atoms with Crippen LogP contribution in [0.2, 0.25) is 0 Å². The van der Waals surface area contributed by atoms with Gasteiger partial charge in [-0.05, 0) is 12.1 Å². The molecule has 20 heavy (non-hydrogen) atoms. The lowest BCUT2D eigenvalue weighted by molar-refractivity contribution is 0.259. The van der Waals surface area contributed by atoms with Crippen molar-refractivity contribution >= 4 is 37.1 Å². The van der Waals surface area contributed by atoms with Gasteiger partial charge in [0.2, 0.25) is 0 Å². The Morgan fingerprint density at radius 1 is 0.700 bits per heavy atom. The van der Waals surface area contributed by atoms with E-state index in [2.05, 4.69) is 0 Å². The fourth-order valence-electron chi connectivity index (χ4n) is 1.14. The van der Waals surface area contributed by atoms with Gasteiger partial charge in [0, 0.05) is 52.1 Å². The first-order valence-electron chi connectivity index (χ1n) is 5.33. The average Bonchev–Trinajstić information content (AvgIpc) is 2.49. The molecule has 0 bridgehead atoms. The molecule has 0 unspecified atom stereocenters. The minimum Gasteiger partial charge on any atom is -0.420 e. The maximum atomic E-state index is 5.58. The van der Waals surface area contributed by atoms with Gasteiger partial charge in [-0.15, -0.1) is 0 Å². The predicted octanol–water partition coefficient (Wildman–Crippen LogP) is 3.48. The first-order chi connectivity index (χ1) is 9.42. The van der Waals surface area contributed by atoms with Gasteiger partial charge in [0.25, 0.3) is 0 Å². The highest BCUT2D eigenvalue weighted by molar-refractivity contribution is 8.08. The van der Waals surface area contributed by atoms with Crippen molar-refractivity contribution in [1.82, 2.24) is 0 Å². The molecule has 0 amide bonds. The fraction of sp³-hybridized carbons (Fsp3) is 0.400. The van der Waals surface area contributed by atoms with Gasteiger partial charge in [0.15, 0.2) is 11.5 Å². The Kier molecular flexibility index (Phi) is 7.04. The van der Waals surface area contributed by atoms with Gasteiger partial charge in [-0.25, -0.2) is 0 Å². The second-order valence-electron chi connectivity index (χ2n) is 3.25. The monoisotopic (exact) mass is 358 g/mol. The third kappa shape index (κ3) is 4.76. The van der Waals surface area contributed by atoms with Crippen molar-refractivity contribution in [2.45, 2.75) is 0 Å². The van der Waals surface area contributed by atoms with Gasteiger partial charge >= 0.3 is 13.4 Å². The van der Waals surface area contributed by atoms with E-state index in [-0.39, 0.29) is 0 Å². The molecule has 0 fully saturated rings. The van der Waals surface area contributed by atoms with Gasteiger partial charge < -0.3 is 27.1 Å². The summed E-state index contributed by atoms with van der Waals surface area (Å²) in [4.78, 5) is 0. The maximum absolute atomic E-state index is 5.58. The number of hydrogen-bond donors (Lipinski definition) is 0. The van der Waals surface area contributed by atoms with Crippen molar-refractivity contribution in [3.05, 3.63) is 24.3 Å². The van der Waals surface area contributed by atoms with E-state index in [1.54, 1.807) is 24.3 Å². The summed E-state index contributed by atoms with van der Waals surface area (Å²) < 4.78 is 31.5. The number of benzene rings is 1. The SMILES string of the molecule is COP(=S)(OC)Oc1ccccc1OP(=S)(OC)OC. The molecule has 0 saturated carbocycles. The second-order valence-corrected chi connectivity index (χ2v) is 9.55. The Labute approximate surface area is 128 Å². The number of para-hydroxylation sites is 2. The van der Waals surface area contributed by atoms with Crippen LogP contribution in [0, 0.1) is 0 Å². The van der Waals surface area contributed by atoms with Crippen LogP contribution < -0.4 is 9.05 Å². The van der Waals surface area contributed by atoms with Crippen molar-refractivity contribution in [3.63, 3.8) is 0 Å². The lowest BCUT2D eigenvalue weighted by Gasteiger charge is -2.22. The van der Waals surface area contributed by atoms with E-state index in [1.165, 1.54) is 28.4 Å². The topological polar surface area (TPSA) is 55.4 Å². The standard InChI is InChI=1S/C10H16O6P2S2/c1-11-17(19,12-2)15-9-7-5-6-8-10(9)16-18(20,13-3)14-4/h5-8H,1-4H3. The summed E-state index contributed by atoms with van der Waals surface area (Å²) in [5, 5.41) is 0. The smallest absolute Gasteiger partial charge is 0.380 e. The molecule has 0 aliphatic carbocycles. The summed E-state index contributed by atoms with van der Waals surface area (Å²) in [7, 11) is 5.68. The van der Waals surface area contributed by atoms with E-state index >= 15 is 0 Å². The zero-order valence-corrected chi connectivity index (χ0v) is 14.9. The highest BCUT2D eigenvalue weighted by Crippen LogP contribution is 2.54. The second kappa shape index (κ2) is 7.82. The molecule has 0 saturated heterocycles. The fourth-order valence-corrected chi connectivity index (χ4v) is 3.00. The minimum absolute atomic E-state index is 0.350. The Hall–Kier alpha value is -0.0400. The van der Waals surface area contributed by atoms with Crippen molar-refractivity contribution in [3.8, 4) is 11.5 Å². The Bertz CT molecular complexity index is 475. The molecule has 0 atom stereocenters. The highest BCUT2D eigenvalue weighted by Gasteiger charge is 2.24. The van der Waals surface area contributed by atoms with Crippen LogP contribution in [0.25, 0.3) is 0 Å². The molecular formula is C10H16O6P2S2. The molecule has 1 aromatic carbocycles. The van der Waals surface area contributed by atoms with E-state index in [4.69, 9.17) is 50.8 Å². The molecule has 0 aliphatic rings. The van der Waals surface area contributed by atoms with Crippen LogP contribution in [-0.4, -0.2) is 28.4 Å². The Morgan fingerprint density at radius 2 is 1.00 bits per heavy atom. The van der Waals surface area contributed by atoms with Crippen molar-refractivity contribution in [2.24, 2.45) is 0 Å². The van der Waals surface area contributed by atoms with E-state index in [9.17, 15) is 0 Å². The molecule has 114 valence electrons. The summed E-state index contributed by atoms with van der Waals surface area (Å²) in [6, 6.07) is 6.85. The molecule has 0 N–H and O–H groups in total. The minimum atomic E-state index is -2.86. The third-order valence-corrected chi connectivity index (χ3v) is 7.03. The van der Waals surface area contributed by atoms with E-state index in [1.807, 2.05) is 0 Å². The molecule has 0 heterocycles. The van der Waals surface area contributed by atoms with Crippen molar-refractivity contribution < 1.29 is 27.1 Å². The van der Waals surface area contributed by atoms with Crippen LogP contribution in [0.4, 0.5) is 0 Å². The van der Waals surface area contributed by atoms with Crippen LogP contribution in [0.1, 0.15) is 0 Å². The maximum Gasteiger partial charge on any atom is 0.380 e. The number of rotatable bonds is 8. The van der Waals surface area contributed by atoms with Crippen molar-refractivity contribution in [1.29, 1.82) is 0 Å². The molecule has 0 radical (unpaired) electrons. The van der Waals surface area contributed by atoms with Gasteiger partial charge in [-0.1, -0.05) is 12.1 Å². The number of hydrogen-bond acceptors (Lipinski definition) is 8. The normalized spacial score (nSPS) is 12.2. The Morgan fingerprint density at radius 3 is 1.25 bits per heavy atom. The van der Waals surface area contributed by atoms with Gasteiger partial charge in [-0.3, -0.25) is 0 Å². The molecular weight excluding hydrogens is 342 g/mol. The molecule has 1 rings (SSSR count). The van der Waals surface area contributed by atoms with E-state index < -0.39 is 13.4 Å². The quantitative estimate of drug-likeness (QED) is 0.655. The van der Waals surface area contributed by atoms with E-state index in [0.717, 1.165) is 0 Å². The highest BCUT2D eigenvalue weighted by atomic mass is 32.5.